The topological polar surface area (TPSA) is 64.7 Å². The van der Waals surface area contributed by atoms with E-state index in [2.05, 4.69) is 15.0 Å². The van der Waals surface area contributed by atoms with Crippen molar-refractivity contribution in [3.63, 3.8) is 0 Å². The molecule has 3 aromatic heterocycles. The normalized spacial score (nSPS) is 10.3. The van der Waals surface area contributed by atoms with E-state index in [4.69, 9.17) is 5.73 Å². The molecular formula is C15H12N4. The molecule has 3 heterocycles. The molecule has 0 saturated carbocycles. The summed E-state index contributed by atoms with van der Waals surface area (Å²) < 4.78 is 0. The van der Waals surface area contributed by atoms with Crippen LogP contribution in [0.5, 0.6) is 0 Å². The van der Waals surface area contributed by atoms with Gasteiger partial charge in [0, 0.05) is 42.1 Å². The van der Waals surface area contributed by atoms with Gasteiger partial charge in [0.25, 0.3) is 0 Å². The van der Waals surface area contributed by atoms with Crippen molar-refractivity contribution in [3.05, 3.63) is 61.3 Å². The maximum Gasteiger partial charge on any atom is 0.0932 e. The number of rotatable bonds is 2. The van der Waals surface area contributed by atoms with E-state index in [9.17, 15) is 0 Å². The molecular weight excluding hydrogens is 236 g/mol. The van der Waals surface area contributed by atoms with Crippen molar-refractivity contribution in [2.45, 2.75) is 0 Å². The Hall–Kier alpha value is -2.75. The van der Waals surface area contributed by atoms with Gasteiger partial charge >= 0.3 is 0 Å². The quantitative estimate of drug-likeness (QED) is 0.757. The van der Waals surface area contributed by atoms with E-state index in [1.165, 1.54) is 0 Å². The van der Waals surface area contributed by atoms with E-state index in [-0.39, 0.29) is 0 Å². The molecule has 92 valence electrons. The SMILES string of the molecule is Nc1cc(-c2ccncc2)cnc1-c1ccncc1. The number of anilines is 1. The molecule has 0 unspecified atom stereocenters. The largest absolute Gasteiger partial charge is 0.397 e. The Kier molecular flexibility index (Phi) is 2.90. The Bertz CT molecular complexity index is 681. The molecule has 0 amide bonds. The Balaban J connectivity index is 2.04. The van der Waals surface area contributed by atoms with Gasteiger partial charge in [0.1, 0.15) is 0 Å². The third kappa shape index (κ3) is 2.28. The molecule has 0 aliphatic carbocycles. The molecule has 19 heavy (non-hydrogen) atoms. The van der Waals surface area contributed by atoms with Gasteiger partial charge < -0.3 is 5.73 Å². The van der Waals surface area contributed by atoms with Gasteiger partial charge in [-0.3, -0.25) is 15.0 Å². The summed E-state index contributed by atoms with van der Waals surface area (Å²) in [6.07, 6.45) is 8.78. The molecule has 3 rings (SSSR count). The van der Waals surface area contributed by atoms with Gasteiger partial charge in [-0.15, -0.1) is 0 Å². The molecule has 0 radical (unpaired) electrons. The highest BCUT2D eigenvalue weighted by Gasteiger charge is 2.06. The smallest absolute Gasteiger partial charge is 0.0932 e. The van der Waals surface area contributed by atoms with Crippen LogP contribution in [-0.2, 0) is 0 Å². The summed E-state index contributed by atoms with van der Waals surface area (Å²) in [5.74, 6) is 0. The molecule has 4 nitrogen and oxygen atoms in total. The molecule has 0 aliphatic rings. The van der Waals surface area contributed by atoms with Crippen molar-refractivity contribution in [2.75, 3.05) is 5.73 Å². The van der Waals surface area contributed by atoms with Gasteiger partial charge in [-0.25, -0.2) is 0 Å². The van der Waals surface area contributed by atoms with E-state index in [0.29, 0.717) is 5.69 Å². The first-order valence-corrected chi connectivity index (χ1v) is 5.91. The highest BCUT2D eigenvalue weighted by Crippen LogP contribution is 2.27. The van der Waals surface area contributed by atoms with E-state index in [1.807, 2.05) is 36.5 Å². The molecule has 2 N–H and O–H groups in total. The van der Waals surface area contributed by atoms with Crippen LogP contribution in [0.3, 0.4) is 0 Å². The van der Waals surface area contributed by atoms with Gasteiger partial charge in [-0.2, -0.15) is 0 Å². The van der Waals surface area contributed by atoms with Crippen molar-refractivity contribution in [1.82, 2.24) is 15.0 Å². The zero-order valence-electron chi connectivity index (χ0n) is 10.2. The lowest BCUT2D eigenvalue weighted by Gasteiger charge is -2.07. The second-order valence-electron chi connectivity index (χ2n) is 4.13. The third-order valence-electron chi connectivity index (χ3n) is 2.88. The number of aromatic nitrogens is 3. The molecule has 0 spiro atoms. The molecule has 4 heteroatoms. The summed E-state index contributed by atoms with van der Waals surface area (Å²) in [4.78, 5) is 12.4. The molecule has 0 aromatic carbocycles. The average Bonchev–Trinajstić information content (AvgIpc) is 2.49. The minimum absolute atomic E-state index is 0.653. The summed E-state index contributed by atoms with van der Waals surface area (Å²) in [5, 5.41) is 0. The number of nitrogen functional groups attached to an aromatic ring is 1. The predicted molar refractivity (Wildman–Crippen MR) is 75.1 cm³/mol. The maximum atomic E-state index is 6.09. The average molecular weight is 248 g/mol. The van der Waals surface area contributed by atoms with Crippen LogP contribution >= 0.6 is 0 Å². The minimum Gasteiger partial charge on any atom is -0.397 e. The molecule has 0 aliphatic heterocycles. The van der Waals surface area contributed by atoms with Gasteiger partial charge in [0.05, 0.1) is 11.4 Å². The predicted octanol–water partition coefficient (Wildman–Crippen LogP) is 2.79. The fourth-order valence-electron chi connectivity index (χ4n) is 1.94. The molecule has 0 fully saturated rings. The van der Waals surface area contributed by atoms with Crippen LogP contribution in [0.1, 0.15) is 0 Å². The van der Waals surface area contributed by atoms with E-state index >= 15 is 0 Å². The lowest BCUT2D eigenvalue weighted by atomic mass is 10.1. The van der Waals surface area contributed by atoms with Gasteiger partial charge in [-0.1, -0.05) is 0 Å². The van der Waals surface area contributed by atoms with E-state index in [0.717, 1.165) is 22.4 Å². The van der Waals surface area contributed by atoms with Crippen molar-refractivity contribution in [1.29, 1.82) is 0 Å². The van der Waals surface area contributed by atoms with Crippen LogP contribution in [0.15, 0.2) is 61.3 Å². The molecule has 0 bridgehead atoms. The highest BCUT2D eigenvalue weighted by atomic mass is 14.7. The summed E-state index contributed by atoms with van der Waals surface area (Å²) in [5.41, 5.74) is 10.5. The van der Waals surface area contributed by atoms with Gasteiger partial charge in [-0.05, 0) is 35.9 Å². The Morgan fingerprint density at radius 2 is 1.32 bits per heavy atom. The first-order chi connectivity index (χ1) is 9.34. The minimum atomic E-state index is 0.653. The zero-order chi connectivity index (χ0) is 13.1. The Morgan fingerprint density at radius 3 is 1.89 bits per heavy atom. The lowest BCUT2D eigenvalue weighted by Crippen LogP contribution is -1.94. The van der Waals surface area contributed by atoms with Crippen LogP contribution in [0, 0.1) is 0 Å². The van der Waals surface area contributed by atoms with E-state index < -0.39 is 0 Å². The number of hydrogen-bond donors (Lipinski definition) is 1. The van der Waals surface area contributed by atoms with Crippen LogP contribution < -0.4 is 5.73 Å². The van der Waals surface area contributed by atoms with Crippen molar-refractivity contribution in [3.8, 4) is 22.4 Å². The first-order valence-electron chi connectivity index (χ1n) is 5.91. The third-order valence-corrected chi connectivity index (χ3v) is 2.88. The summed E-state index contributed by atoms with van der Waals surface area (Å²) in [7, 11) is 0. The zero-order valence-corrected chi connectivity index (χ0v) is 10.2. The molecule has 3 aromatic rings. The number of pyridine rings is 3. The fraction of sp³-hybridized carbons (Fsp3) is 0. The van der Waals surface area contributed by atoms with E-state index in [1.54, 1.807) is 24.8 Å². The first kappa shape index (κ1) is 11.3. The number of nitrogens with two attached hydrogens (primary N) is 1. The van der Waals surface area contributed by atoms with Crippen molar-refractivity contribution >= 4 is 5.69 Å². The summed E-state index contributed by atoms with van der Waals surface area (Å²) >= 11 is 0. The van der Waals surface area contributed by atoms with Crippen LogP contribution in [0.2, 0.25) is 0 Å². The Labute approximate surface area is 111 Å². The summed E-state index contributed by atoms with van der Waals surface area (Å²) in [6, 6.07) is 9.58. The fourth-order valence-corrected chi connectivity index (χ4v) is 1.94. The van der Waals surface area contributed by atoms with Crippen molar-refractivity contribution in [2.24, 2.45) is 0 Å². The Morgan fingerprint density at radius 1 is 0.737 bits per heavy atom. The lowest BCUT2D eigenvalue weighted by molar-refractivity contribution is 1.28. The van der Waals surface area contributed by atoms with Crippen molar-refractivity contribution < 1.29 is 0 Å². The number of nitrogens with zero attached hydrogens (tertiary/aromatic N) is 3. The standard InChI is InChI=1S/C15H12N4/c16-14-9-13(11-1-5-17-6-2-11)10-19-15(14)12-3-7-18-8-4-12/h1-10H,16H2. The second kappa shape index (κ2) is 4.86. The highest BCUT2D eigenvalue weighted by molar-refractivity contribution is 5.77. The number of hydrogen-bond acceptors (Lipinski definition) is 4. The molecule has 0 saturated heterocycles. The summed E-state index contributed by atoms with van der Waals surface area (Å²) in [6.45, 7) is 0. The van der Waals surface area contributed by atoms with Crippen LogP contribution in [0.25, 0.3) is 22.4 Å². The monoisotopic (exact) mass is 248 g/mol. The van der Waals surface area contributed by atoms with Crippen LogP contribution in [-0.4, -0.2) is 15.0 Å². The second-order valence-corrected chi connectivity index (χ2v) is 4.13. The maximum absolute atomic E-state index is 6.09. The molecule has 0 atom stereocenters. The van der Waals surface area contributed by atoms with Gasteiger partial charge in [0.2, 0.25) is 0 Å². The van der Waals surface area contributed by atoms with Gasteiger partial charge in [0.15, 0.2) is 0 Å². The van der Waals surface area contributed by atoms with Crippen LogP contribution in [0.4, 0.5) is 5.69 Å².